The lowest BCUT2D eigenvalue weighted by Gasteiger charge is -2.06. The van der Waals surface area contributed by atoms with Gasteiger partial charge in [0.05, 0.1) is 0 Å². The summed E-state index contributed by atoms with van der Waals surface area (Å²) in [7, 11) is -1.35. The van der Waals surface area contributed by atoms with E-state index in [2.05, 4.69) is 0 Å². The molecule has 0 saturated heterocycles. The first-order chi connectivity index (χ1) is 9.63. The first-order valence-corrected chi connectivity index (χ1v) is 7.65. The van der Waals surface area contributed by atoms with Crippen LogP contribution in [-0.4, -0.2) is 14.7 Å². The molecule has 0 fully saturated rings. The van der Waals surface area contributed by atoms with Crippen LogP contribution < -0.4 is 0 Å². The minimum atomic E-state index is -1.35. The Balaban J connectivity index is 2.32. The molecule has 0 unspecified atom stereocenters. The van der Waals surface area contributed by atoms with E-state index < -0.39 is 10.8 Å². The van der Waals surface area contributed by atoms with E-state index in [0.717, 1.165) is 12.0 Å². The van der Waals surface area contributed by atoms with Gasteiger partial charge in [-0.3, -0.25) is 9.36 Å². The van der Waals surface area contributed by atoms with Crippen molar-refractivity contribution in [1.82, 2.24) is 4.57 Å². The van der Waals surface area contributed by atoms with Crippen LogP contribution >= 0.6 is 0 Å². The smallest absolute Gasteiger partial charge is 0.255 e. The second kappa shape index (κ2) is 6.48. The first-order valence-electron chi connectivity index (χ1n) is 6.50. The van der Waals surface area contributed by atoms with Crippen molar-refractivity contribution in [3.8, 4) is 0 Å². The Morgan fingerprint density at radius 1 is 1.25 bits per heavy atom. The minimum absolute atomic E-state index is 0.174. The SMILES string of the molecule is CC/C=C/C(=O)n1cccc1[S@@](=O)c1ccc(C)cc1. The second-order valence-electron chi connectivity index (χ2n) is 4.45. The van der Waals surface area contributed by atoms with Crippen LogP contribution in [0.5, 0.6) is 0 Å². The molecule has 0 amide bonds. The Hall–Kier alpha value is -1.94. The summed E-state index contributed by atoms with van der Waals surface area (Å²) < 4.78 is 14.0. The van der Waals surface area contributed by atoms with Gasteiger partial charge in [0.25, 0.3) is 5.91 Å². The minimum Gasteiger partial charge on any atom is -0.276 e. The van der Waals surface area contributed by atoms with Gasteiger partial charge in [-0.1, -0.05) is 30.7 Å². The molecular formula is C16H17NO2S. The number of carbonyl (C=O) groups is 1. The number of rotatable bonds is 4. The van der Waals surface area contributed by atoms with Crippen molar-refractivity contribution in [2.45, 2.75) is 30.2 Å². The van der Waals surface area contributed by atoms with Gasteiger partial charge in [0.2, 0.25) is 0 Å². The standard InChI is InChI=1S/C16H17NO2S/c1-3-4-6-15(18)17-12-5-7-16(17)20(19)14-10-8-13(2)9-11-14/h4-12H,3H2,1-2H3/b6-4+/t20-/m0/s1. The monoisotopic (exact) mass is 287 g/mol. The number of hydrogen-bond donors (Lipinski definition) is 0. The van der Waals surface area contributed by atoms with E-state index in [0.29, 0.717) is 9.92 Å². The molecule has 0 spiro atoms. The fourth-order valence-electron chi connectivity index (χ4n) is 1.78. The molecule has 0 N–H and O–H groups in total. The molecule has 0 aliphatic rings. The molecular weight excluding hydrogens is 270 g/mol. The highest BCUT2D eigenvalue weighted by atomic mass is 32.2. The highest BCUT2D eigenvalue weighted by molar-refractivity contribution is 7.85. The van der Waals surface area contributed by atoms with E-state index in [1.54, 1.807) is 24.4 Å². The van der Waals surface area contributed by atoms with Crippen LogP contribution in [0.25, 0.3) is 0 Å². The largest absolute Gasteiger partial charge is 0.276 e. The van der Waals surface area contributed by atoms with Crippen LogP contribution in [0.3, 0.4) is 0 Å². The molecule has 20 heavy (non-hydrogen) atoms. The number of hydrogen-bond acceptors (Lipinski definition) is 2. The van der Waals surface area contributed by atoms with Gasteiger partial charge < -0.3 is 0 Å². The number of aryl methyl sites for hydroxylation is 1. The highest BCUT2D eigenvalue weighted by Gasteiger charge is 2.14. The predicted molar refractivity (Wildman–Crippen MR) is 80.3 cm³/mol. The maximum absolute atomic E-state index is 12.5. The number of aromatic nitrogens is 1. The van der Waals surface area contributed by atoms with Gasteiger partial charge in [0.15, 0.2) is 0 Å². The molecule has 2 rings (SSSR count). The van der Waals surface area contributed by atoms with E-state index >= 15 is 0 Å². The Kier molecular flexibility index (Phi) is 4.69. The Labute approximate surface area is 121 Å². The third kappa shape index (κ3) is 3.14. The summed E-state index contributed by atoms with van der Waals surface area (Å²) in [6.45, 7) is 3.94. The zero-order chi connectivity index (χ0) is 14.5. The molecule has 1 heterocycles. The Morgan fingerprint density at radius 2 is 1.95 bits per heavy atom. The predicted octanol–water partition coefficient (Wildman–Crippen LogP) is 3.57. The molecule has 0 aliphatic heterocycles. The molecule has 0 bridgehead atoms. The van der Waals surface area contributed by atoms with E-state index in [4.69, 9.17) is 0 Å². The fourth-order valence-corrected chi connectivity index (χ4v) is 2.94. The lowest BCUT2D eigenvalue weighted by atomic mass is 10.2. The third-order valence-corrected chi connectivity index (χ3v) is 4.28. The normalized spacial score (nSPS) is 12.7. The van der Waals surface area contributed by atoms with Crippen molar-refractivity contribution < 1.29 is 9.00 Å². The van der Waals surface area contributed by atoms with Gasteiger partial charge in [0.1, 0.15) is 15.8 Å². The molecule has 0 aliphatic carbocycles. The summed E-state index contributed by atoms with van der Waals surface area (Å²) in [5.74, 6) is -0.174. The highest BCUT2D eigenvalue weighted by Crippen LogP contribution is 2.17. The van der Waals surface area contributed by atoms with Crippen LogP contribution in [0.2, 0.25) is 0 Å². The van der Waals surface area contributed by atoms with Crippen LogP contribution in [0.4, 0.5) is 0 Å². The zero-order valence-electron chi connectivity index (χ0n) is 11.6. The quantitative estimate of drug-likeness (QED) is 0.806. The Morgan fingerprint density at radius 3 is 2.60 bits per heavy atom. The van der Waals surface area contributed by atoms with Gasteiger partial charge in [0, 0.05) is 11.1 Å². The lowest BCUT2D eigenvalue weighted by molar-refractivity contribution is 0.0960. The molecule has 4 heteroatoms. The maximum atomic E-state index is 12.5. The molecule has 1 aromatic heterocycles. The summed E-state index contributed by atoms with van der Waals surface area (Å²) in [6.07, 6.45) is 5.74. The van der Waals surface area contributed by atoms with E-state index in [-0.39, 0.29) is 5.91 Å². The third-order valence-electron chi connectivity index (χ3n) is 2.87. The number of nitrogens with zero attached hydrogens (tertiary/aromatic N) is 1. The molecule has 0 saturated carbocycles. The average molecular weight is 287 g/mol. The van der Waals surface area contributed by atoms with Crippen LogP contribution in [0.1, 0.15) is 23.7 Å². The van der Waals surface area contributed by atoms with Crippen LogP contribution in [0, 0.1) is 6.92 Å². The molecule has 104 valence electrons. The number of benzene rings is 1. The van der Waals surface area contributed by atoms with Gasteiger partial charge in [-0.05, 0) is 43.7 Å². The zero-order valence-corrected chi connectivity index (χ0v) is 12.4. The van der Waals surface area contributed by atoms with Crippen molar-refractivity contribution in [3.05, 3.63) is 60.3 Å². The summed E-state index contributed by atoms with van der Waals surface area (Å²) in [5, 5.41) is 0.500. The van der Waals surface area contributed by atoms with Crippen molar-refractivity contribution >= 4 is 16.7 Å². The maximum Gasteiger partial charge on any atom is 0.255 e. The molecule has 1 atom stereocenters. The summed E-state index contributed by atoms with van der Waals surface area (Å²) in [6, 6.07) is 10.9. The second-order valence-corrected chi connectivity index (χ2v) is 5.87. The van der Waals surface area contributed by atoms with Crippen LogP contribution in [-0.2, 0) is 10.8 Å². The van der Waals surface area contributed by atoms with Crippen molar-refractivity contribution in [3.63, 3.8) is 0 Å². The summed E-state index contributed by atoms with van der Waals surface area (Å²) in [5.41, 5.74) is 1.11. The van der Waals surface area contributed by atoms with Gasteiger partial charge in [-0.25, -0.2) is 4.21 Å². The van der Waals surface area contributed by atoms with Crippen molar-refractivity contribution in [1.29, 1.82) is 0 Å². The molecule has 0 radical (unpaired) electrons. The fraction of sp³-hybridized carbons (Fsp3) is 0.188. The Bertz CT molecular complexity index is 653. The average Bonchev–Trinajstić information content (AvgIpc) is 2.94. The summed E-state index contributed by atoms with van der Waals surface area (Å²) in [4.78, 5) is 12.7. The molecule has 3 nitrogen and oxygen atoms in total. The van der Waals surface area contributed by atoms with E-state index in [9.17, 15) is 9.00 Å². The van der Waals surface area contributed by atoms with Gasteiger partial charge >= 0.3 is 0 Å². The van der Waals surface area contributed by atoms with Crippen molar-refractivity contribution in [2.24, 2.45) is 0 Å². The van der Waals surface area contributed by atoms with Crippen molar-refractivity contribution in [2.75, 3.05) is 0 Å². The molecule has 1 aromatic carbocycles. The number of carbonyl (C=O) groups excluding carboxylic acids is 1. The van der Waals surface area contributed by atoms with Gasteiger partial charge in [-0.15, -0.1) is 0 Å². The first kappa shape index (κ1) is 14.5. The topological polar surface area (TPSA) is 39.1 Å². The van der Waals surface area contributed by atoms with E-state index in [1.807, 2.05) is 38.1 Å². The van der Waals surface area contributed by atoms with Gasteiger partial charge in [-0.2, -0.15) is 0 Å². The number of allylic oxidation sites excluding steroid dienone is 2. The van der Waals surface area contributed by atoms with E-state index in [1.165, 1.54) is 10.6 Å². The molecule has 2 aromatic rings. The van der Waals surface area contributed by atoms with Crippen LogP contribution in [0.15, 0.2) is 64.7 Å². The lowest BCUT2D eigenvalue weighted by Crippen LogP contribution is -2.11. The summed E-state index contributed by atoms with van der Waals surface area (Å²) >= 11 is 0.